The second kappa shape index (κ2) is 5.62. The van der Waals surface area contributed by atoms with Crippen LogP contribution in [0.25, 0.3) is 6.08 Å². The fourth-order valence-corrected chi connectivity index (χ4v) is 6.02. The maximum atomic E-state index is 10.5. The topological polar surface area (TPSA) is 40.5 Å². The summed E-state index contributed by atoms with van der Waals surface area (Å²) in [4.78, 5) is 0. The molecule has 1 aromatic rings. The molecule has 2 fully saturated rings. The normalized spacial score (nSPS) is 37.3. The Balaban J connectivity index is 1.73. The van der Waals surface area contributed by atoms with Crippen molar-refractivity contribution < 1.29 is 10.2 Å². The van der Waals surface area contributed by atoms with E-state index in [0.29, 0.717) is 23.5 Å². The van der Waals surface area contributed by atoms with Crippen LogP contribution in [-0.4, -0.2) is 16.3 Å². The molecule has 5 atom stereocenters. The summed E-state index contributed by atoms with van der Waals surface area (Å²) in [5.74, 6) is 2.41. The van der Waals surface area contributed by atoms with Gasteiger partial charge in [0.15, 0.2) is 0 Å². The average molecular weight is 326 g/mol. The van der Waals surface area contributed by atoms with Gasteiger partial charge in [-0.1, -0.05) is 18.6 Å². The van der Waals surface area contributed by atoms with Gasteiger partial charge in [0, 0.05) is 5.56 Å². The van der Waals surface area contributed by atoms with E-state index in [9.17, 15) is 10.2 Å². The molecule has 2 nitrogen and oxygen atoms in total. The van der Waals surface area contributed by atoms with E-state index < -0.39 is 0 Å². The predicted octanol–water partition coefficient (Wildman–Crippen LogP) is 5.03. The zero-order valence-electron chi connectivity index (χ0n) is 15.2. The van der Waals surface area contributed by atoms with Crippen molar-refractivity contribution in [1.82, 2.24) is 0 Å². The Bertz CT molecular complexity index is 685. The molecule has 0 amide bonds. The number of aromatic hydroxyl groups is 1. The van der Waals surface area contributed by atoms with E-state index in [2.05, 4.69) is 32.9 Å². The molecular weight excluding hydrogens is 296 g/mol. The zero-order valence-corrected chi connectivity index (χ0v) is 15.2. The first-order valence-corrected chi connectivity index (χ1v) is 9.59. The van der Waals surface area contributed by atoms with Gasteiger partial charge in [0.05, 0.1) is 6.10 Å². The molecule has 3 aliphatic carbocycles. The molecule has 0 unspecified atom stereocenters. The van der Waals surface area contributed by atoms with Crippen LogP contribution in [0.4, 0.5) is 0 Å². The van der Waals surface area contributed by atoms with E-state index >= 15 is 0 Å². The Morgan fingerprint density at radius 3 is 2.71 bits per heavy atom. The van der Waals surface area contributed by atoms with Gasteiger partial charge in [0.1, 0.15) is 5.75 Å². The van der Waals surface area contributed by atoms with Crippen molar-refractivity contribution in [3.05, 3.63) is 34.4 Å². The Morgan fingerprint density at radius 1 is 1.17 bits per heavy atom. The lowest BCUT2D eigenvalue weighted by molar-refractivity contribution is -0.0226. The van der Waals surface area contributed by atoms with E-state index in [-0.39, 0.29) is 11.5 Å². The van der Waals surface area contributed by atoms with Gasteiger partial charge < -0.3 is 10.2 Å². The molecule has 0 aliphatic heterocycles. The number of rotatable bonds is 1. The van der Waals surface area contributed by atoms with Crippen LogP contribution in [0.15, 0.2) is 17.7 Å². The quantitative estimate of drug-likeness (QED) is 0.759. The number of hydrogen-bond acceptors (Lipinski definition) is 2. The van der Waals surface area contributed by atoms with Gasteiger partial charge in [-0.3, -0.25) is 0 Å². The number of allylic oxidation sites excluding steroid dienone is 1. The second-order valence-electron chi connectivity index (χ2n) is 8.88. The summed E-state index contributed by atoms with van der Waals surface area (Å²) in [7, 11) is 0. The SMILES string of the molecule is CC(C)=Cc1cc2c(cc1O)CC[C@@H]1[C@@H]2CC[C@]2(C)[C@@H](O)CC[C@@H]12. The lowest BCUT2D eigenvalue weighted by Gasteiger charge is -2.50. The largest absolute Gasteiger partial charge is 0.507 e. The lowest BCUT2D eigenvalue weighted by atomic mass is 9.55. The minimum Gasteiger partial charge on any atom is -0.507 e. The standard InChI is InChI=1S/C22H30O2/c1-13(2)10-15-11-18-14(12-20(15)23)4-5-17-16(18)8-9-22(3)19(17)6-7-21(22)24/h10-12,16-17,19,21,23-24H,4-9H2,1-3H3/t16-,17+,19-,21-,22-/m0/s1. The monoisotopic (exact) mass is 326 g/mol. The summed E-state index contributed by atoms with van der Waals surface area (Å²) < 4.78 is 0. The molecule has 0 spiro atoms. The molecule has 24 heavy (non-hydrogen) atoms. The number of phenolic OH excluding ortho intramolecular Hbond substituents is 1. The summed E-state index contributed by atoms with van der Waals surface area (Å²) in [5.41, 5.74) is 5.14. The van der Waals surface area contributed by atoms with Gasteiger partial charge in [-0.2, -0.15) is 0 Å². The van der Waals surface area contributed by atoms with E-state index in [0.717, 1.165) is 24.8 Å². The van der Waals surface area contributed by atoms with Crippen LogP contribution in [0.1, 0.15) is 75.5 Å². The number of hydrogen-bond donors (Lipinski definition) is 2. The number of fused-ring (bicyclic) bond motifs is 5. The van der Waals surface area contributed by atoms with Crippen LogP contribution in [0.3, 0.4) is 0 Å². The summed E-state index contributed by atoms with van der Waals surface area (Å²) in [6, 6.07) is 4.26. The van der Waals surface area contributed by atoms with Crippen LogP contribution in [0, 0.1) is 17.3 Å². The van der Waals surface area contributed by atoms with E-state index in [1.165, 1.54) is 36.0 Å². The van der Waals surface area contributed by atoms with Crippen molar-refractivity contribution in [2.45, 2.75) is 71.3 Å². The number of phenols is 1. The Hall–Kier alpha value is -1.28. The highest BCUT2D eigenvalue weighted by atomic mass is 16.3. The number of aliphatic hydroxyl groups is 1. The minimum absolute atomic E-state index is 0.106. The van der Waals surface area contributed by atoms with Crippen molar-refractivity contribution in [1.29, 1.82) is 0 Å². The van der Waals surface area contributed by atoms with Crippen LogP contribution in [0.2, 0.25) is 0 Å². The molecule has 4 rings (SSSR count). The third-order valence-electron chi connectivity index (χ3n) is 7.27. The molecule has 0 saturated heterocycles. The van der Waals surface area contributed by atoms with Crippen LogP contribution in [-0.2, 0) is 6.42 Å². The first-order chi connectivity index (χ1) is 11.4. The maximum absolute atomic E-state index is 10.5. The van der Waals surface area contributed by atoms with Gasteiger partial charge in [0.2, 0.25) is 0 Å². The van der Waals surface area contributed by atoms with Crippen molar-refractivity contribution >= 4 is 6.08 Å². The maximum Gasteiger partial charge on any atom is 0.123 e. The number of benzene rings is 1. The molecule has 0 bridgehead atoms. The third kappa shape index (κ3) is 2.34. The van der Waals surface area contributed by atoms with E-state index in [4.69, 9.17) is 0 Å². The van der Waals surface area contributed by atoms with Crippen LogP contribution < -0.4 is 0 Å². The van der Waals surface area contributed by atoms with E-state index in [1.54, 1.807) is 0 Å². The van der Waals surface area contributed by atoms with Gasteiger partial charge in [-0.15, -0.1) is 0 Å². The third-order valence-corrected chi connectivity index (χ3v) is 7.27. The van der Waals surface area contributed by atoms with Crippen molar-refractivity contribution in [3.8, 4) is 5.75 Å². The van der Waals surface area contributed by atoms with Crippen molar-refractivity contribution in [2.75, 3.05) is 0 Å². The first-order valence-electron chi connectivity index (χ1n) is 9.59. The zero-order chi connectivity index (χ0) is 17.1. The summed E-state index contributed by atoms with van der Waals surface area (Å²) in [6.07, 6.45) is 8.76. The molecule has 2 saturated carbocycles. The highest BCUT2D eigenvalue weighted by Crippen LogP contribution is 2.61. The molecule has 2 N–H and O–H groups in total. The minimum atomic E-state index is -0.106. The van der Waals surface area contributed by atoms with Crippen LogP contribution >= 0.6 is 0 Å². The molecular formula is C22H30O2. The van der Waals surface area contributed by atoms with Crippen molar-refractivity contribution in [2.24, 2.45) is 17.3 Å². The van der Waals surface area contributed by atoms with Gasteiger partial charge in [0.25, 0.3) is 0 Å². The highest BCUT2D eigenvalue weighted by molar-refractivity contribution is 5.62. The summed E-state index contributed by atoms with van der Waals surface area (Å²) in [5, 5.41) is 20.9. The summed E-state index contributed by atoms with van der Waals surface area (Å²) in [6.45, 7) is 6.48. The van der Waals surface area contributed by atoms with Gasteiger partial charge in [-0.05, 0) is 98.8 Å². The van der Waals surface area contributed by atoms with Crippen LogP contribution in [0.5, 0.6) is 5.75 Å². The number of aryl methyl sites for hydroxylation is 1. The Morgan fingerprint density at radius 2 is 1.96 bits per heavy atom. The van der Waals surface area contributed by atoms with Gasteiger partial charge in [-0.25, -0.2) is 0 Å². The average Bonchev–Trinajstić information content (AvgIpc) is 2.83. The van der Waals surface area contributed by atoms with Gasteiger partial charge >= 0.3 is 0 Å². The smallest absolute Gasteiger partial charge is 0.123 e. The van der Waals surface area contributed by atoms with Crippen molar-refractivity contribution in [3.63, 3.8) is 0 Å². The lowest BCUT2D eigenvalue weighted by Crippen LogP contribution is -2.43. The molecule has 0 heterocycles. The summed E-state index contributed by atoms with van der Waals surface area (Å²) >= 11 is 0. The fraction of sp³-hybridized carbons (Fsp3) is 0.636. The fourth-order valence-electron chi connectivity index (χ4n) is 6.02. The van der Waals surface area contributed by atoms with E-state index in [1.807, 2.05) is 6.07 Å². The molecule has 0 aromatic heterocycles. The molecule has 130 valence electrons. The molecule has 2 heteroatoms. The first kappa shape index (κ1) is 16.2. The highest BCUT2D eigenvalue weighted by Gasteiger charge is 2.54. The second-order valence-corrected chi connectivity index (χ2v) is 8.88. The molecule has 3 aliphatic rings. The molecule has 1 aromatic carbocycles. The Kier molecular flexibility index (Phi) is 3.80. The Labute approximate surface area is 145 Å². The predicted molar refractivity (Wildman–Crippen MR) is 98.1 cm³/mol. The molecule has 0 radical (unpaired) electrons. The number of aliphatic hydroxyl groups excluding tert-OH is 1.